The van der Waals surface area contributed by atoms with E-state index in [4.69, 9.17) is 14.7 Å². The zero-order chi connectivity index (χ0) is 10.2. The summed E-state index contributed by atoms with van der Waals surface area (Å²) < 4.78 is 11.0. The fourth-order valence-corrected chi connectivity index (χ4v) is 1.41. The Labute approximate surface area is 82.9 Å². The molecule has 0 radical (unpaired) electrons. The Morgan fingerprint density at radius 1 is 1.43 bits per heavy atom. The van der Waals surface area contributed by atoms with Gasteiger partial charge in [0.25, 0.3) is 0 Å². The summed E-state index contributed by atoms with van der Waals surface area (Å²) in [5, 5.41) is 8.71. The van der Waals surface area contributed by atoms with E-state index in [2.05, 4.69) is 6.07 Å². The van der Waals surface area contributed by atoms with E-state index in [0.717, 1.165) is 11.3 Å². The molecule has 0 bridgehead atoms. The molecule has 1 aliphatic rings. The fraction of sp³-hybridized carbons (Fsp3) is 0.364. The Morgan fingerprint density at radius 3 is 2.93 bits per heavy atom. The Morgan fingerprint density at radius 2 is 2.21 bits per heavy atom. The van der Waals surface area contributed by atoms with E-state index < -0.39 is 5.79 Å². The zero-order valence-electron chi connectivity index (χ0n) is 8.20. The highest BCUT2D eigenvalue weighted by atomic mass is 16.7. The van der Waals surface area contributed by atoms with Gasteiger partial charge < -0.3 is 9.47 Å². The highest BCUT2D eigenvalue weighted by molar-refractivity contribution is 5.42. The third kappa shape index (κ3) is 1.57. The SMILES string of the molecule is CC1(C)OCc2cc(C#N)ccc2O1. The minimum Gasteiger partial charge on any atom is -0.463 e. The van der Waals surface area contributed by atoms with E-state index in [-0.39, 0.29) is 0 Å². The number of nitriles is 1. The van der Waals surface area contributed by atoms with Crippen molar-refractivity contribution in [1.82, 2.24) is 0 Å². The van der Waals surface area contributed by atoms with Crippen LogP contribution in [0.1, 0.15) is 25.0 Å². The second kappa shape index (κ2) is 3.00. The lowest BCUT2D eigenvalue weighted by Gasteiger charge is -2.32. The Hall–Kier alpha value is -1.53. The van der Waals surface area contributed by atoms with Gasteiger partial charge in [0.05, 0.1) is 18.2 Å². The molecule has 0 amide bonds. The van der Waals surface area contributed by atoms with Crippen LogP contribution in [0, 0.1) is 11.3 Å². The first-order chi connectivity index (χ1) is 6.61. The molecule has 0 aliphatic carbocycles. The average Bonchev–Trinajstić information content (AvgIpc) is 2.16. The summed E-state index contributed by atoms with van der Waals surface area (Å²) in [5.74, 6) is 0.237. The van der Waals surface area contributed by atoms with Crippen LogP contribution in [0.3, 0.4) is 0 Å². The molecule has 72 valence electrons. The van der Waals surface area contributed by atoms with Crippen molar-refractivity contribution in [2.45, 2.75) is 26.2 Å². The molecule has 1 heterocycles. The van der Waals surface area contributed by atoms with Crippen LogP contribution in [0.25, 0.3) is 0 Å². The van der Waals surface area contributed by atoms with E-state index in [1.807, 2.05) is 19.9 Å². The van der Waals surface area contributed by atoms with E-state index in [9.17, 15) is 0 Å². The number of hydrogen-bond donors (Lipinski definition) is 0. The first-order valence-corrected chi connectivity index (χ1v) is 4.47. The summed E-state index contributed by atoms with van der Waals surface area (Å²) >= 11 is 0. The molecule has 0 saturated carbocycles. The second-order valence-corrected chi connectivity index (χ2v) is 3.72. The summed E-state index contributed by atoms with van der Waals surface area (Å²) in [6, 6.07) is 7.45. The minimum atomic E-state index is -0.568. The molecule has 1 aliphatic heterocycles. The van der Waals surface area contributed by atoms with Crippen LogP contribution in [-0.2, 0) is 11.3 Å². The smallest absolute Gasteiger partial charge is 0.205 e. The van der Waals surface area contributed by atoms with Crippen molar-refractivity contribution in [1.29, 1.82) is 5.26 Å². The van der Waals surface area contributed by atoms with Gasteiger partial charge in [0.1, 0.15) is 5.75 Å². The predicted octanol–water partition coefficient (Wildman–Crippen LogP) is 2.20. The van der Waals surface area contributed by atoms with Gasteiger partial charge in [0, 0.05) is 19.4 Å². The Kier molecular flexibility index (Phi) is 1.94. The molecule has 1 aromatic rings. The lowest BCUT2D eigenvalue weighted by Crippen LogP contribution is -2.35. The van der Waals surface area contributed by atoms with Gasteiger partial charge in [-0.05, 0) is 18.2 Å². The van der Waals surface area contributed by atoms with Crippen LogP contribution in [0.2, 0.25) is 0 Å². The molecule has 1 aromatic carbocycles. The maximum atomic E-state index is 8.71. The first-order valence-electron chi connectivity index (χ1n) is 4.47. The normalized spacial score (nSPS) is 17.8. The minimum absolute atomic E-state index is 0.498. The molecular formula is C11H11NO2. The highest BCUT2D eigenvalue weighted by Gasteiger charge is 2.27. The molecule has 3 nitrogen and oxygen atoms in total. The summed E-state index contributed by atoms with van der Waals surface area (Å²) in [6.07, 6.45) is 0. The van der Waals surface area contributed by atoms with E-state index in [1.165, 1.54) is 0 Å². The standard InChI is InChI=1S/C11H11NO2/c1-11(2)13-7-9-5-8(6-12)3-4-10(9)14-11/h3-5H,7H2,1-2H3. The van der Waals surface area contributed by atoms with Gasteiger partial charge in [-0.1, -0.05) is 0 Å². The van der Waals surface area contributed by atoms with Crippen molar-refractivity contribution >= 4 is 0 Å². The van der Waals surface area contributed by atoms with Crippen molar-refractivity contribution in [3.05, 3.63) is 29.3 Å². The van der Waals surface area contributed by atoms with Crippen LogP contribution in [0.4, 0.5) is 0 Å². The van der Waals surface area contributed by atoms with Crippen molar-refractivity contribution in [2.75, 3.05) is 0 Å². The maximum absolute atomic E-state index is 8.71. The summed E-state index contributed by atoms with van der Waals surface area (Å²) in [4.78, 5) is 0. The van der Waals surface area contributed by atoms with Crippen molar-refractivity contribution in [3.63, 3.8) is 0 Å². The number of rotatable bonds is 0. The molecular weight excluding hydrogens is 178 g/mol. The predicted molar refractivity (Wildman–Crippen MR) is 50.7 cm³/mol. The van der Waals surface area contributed by atoms with Crippen LogP contribution in [0.5, 0.6) is 5.75 Å². The number of nitrogens with zero attached hydrogens (tertiary/aromatic N) is 1. The molecule has 0 aromatic heterocycles. The van der Waals surface area contributed by atoms with Crippen molar-refractivity contribution < 1.29 is 9.47 Å². The van der Waals surface area contributed by atoms with Gasteiger partial charge in [0.2, 0.25) is 5.79 Å². The van der Waals surface area contributed by atoms with Crippen LogP contribution in [0.15, 0.2) is 18.2 Å². The lowest BCUT2D eigenvalue weighted by atomic mass is 10.1. The van der Waals surface area contributed by atoms with E-state index in [1.54, 1.807) is 12.1 Å². The number of benzene rings is 1. The first kappa shape index (κ1) is 9.04. The quantitative estimate of drug-likeness (QED) is 0.628. The zero-order valence-corrected chi connectivity index (χ0v) is 8.20. The number of ether oxygens (including phenoxy) is 2. The molecule has 0 spiro atoms. The molecule has 0 atom stereocenters. The molecule has 0 saturated heterocycles. The molecule has 14 heavy (non-hydrogen) atoms. The molecule has 0 N–H and O–H groups in total. The molecule has 0 unspecified atom stereocenters. The number of fused-ring (bicyclic) bond motifs is 1. The van der Waals surface area contributed by atoms with Crippen LogP contribution >= 0.6 is 0 Å². The Balaban J connectivity index is 2.38. The average molecular weight is 189 g/mol. The summed E-state index contributed by atoms with van der Waals surface area (Å²) in [7, 11) is 0. The monoisotopic (exact) mass is 189 g/mol. The van der Waals surface area contributed by atoms with Crippen molar-refractivity contribution in [2.24, 2.45) is 0 Å². The van der Waals surface area contributed by atoms with E-state index in [0.29, 0.717) is 12.2 Å². The van der Waals surface area contributed by atoms with Gasteiger partial charge in [-0.3, -0.25) is 0 Å². The highest BCUT2D eigenvalue weighted by Crippen LogP contribution is 2.31. The molecule has 3 heteroatoms. The van der Waals surface area contributed by atoms with Crippen LogP contribution in [-0.4, -0.2) is 5.79 Å². The second-order valence-electron chi connectivity index (χ2n) is 3.72. The largest absolute Gasteiger partial charge is 0.463 e. The van der Waals surface area contributed by atoms with Gasteiger partial charge in [-0.25, -0.2) is 0 Å². The lowest BCUT2D eigenvalue weighted by molar-refractivity contribution is -0.180. The van der Waals surface area contributed by atoms with Gasteiger partial charge >= 0.3 is 0 Å². The van der Waals surface area contributed by atoms with Crippen LogP contribution < -0.4 is 4.74 Å². The summed E-state index contributed by atoms with van der Waals surface area (Å²) in [5.41, 5.74) is 1.57. The van der Waals surface area contributed by atoms with E-state index >= 15 is 0 Å². The van der Waals surface area contributed by atoms with Gasteiger partial charge in [0.15, 0.2) is 0 Å². The fourth-order valence-electron chi connectivity index (χ4n) is 1.41. The van der Waals surface area contributed by atoms with Crippen molar-refractivity contribution in [3.8, 4) is 11.8 Å². The molecule has 0 fully saturated rings. The van der Waals surface area contributed by atoms with Gasteiger partial charge in [-0.2, -0.15) is 5.26 Å². The topological polar surface area (TPSA) is 42.2 Å². The molecule has 2 rings (SSSR count). The third-order valence-electron chi connectivity index (χ3n) is 2.12. The van der Waals surface area contributed by atoms with Gasteiger partial charge in [-0.15, -0.1) is 0 Å². The third-order valence-corrected chi connectivity index (χ3v) is 2.12. The Bertz CT molecular complexity index is 404. The number of hydrogen-bond acceptors (Lipinski definition) is 3. The maximum Gasteiger partial charge on any atom is 0.205 e. The summed E-state index contributed by atoms with van der Waals surface area (Å²) in [6.45, 7) is 4.24.